The quantitative estimate of drug-likeness (QED) is 0.409. The molecule has 0 unspecified atom stereocenters. The van der Waals surface area contributed by atoms with E-state index in [0.29, 0.717) is 10.8 Å². The summed E-state index contributed by atoms with van der Waals surface area (Å²) in [5.41, 5.74) is 0. The fraction of sp³-hybridized carbons (Fsp3) is 0.714. The molecule has 3 nitrogen and oxygen atoms in total. The third-order valence-electron chi connectivity index (χ3n) is 6.35. The molecule has 0 atom stereocenters. The largest absolute Gasteiger partial charge is 0.425 e. The van der Waals surface area contributed by atoms with Crippen LogP contribution in [0.25, 0.3) is 0 Å². The summed E-state index contributed by atoms with van der Waals surface area (Å²) in [7, 11) is 0. The van der Waals surface area contributed by atoms with Crippen LogP contribution < -0.4 is 4.74 Å². The predicted octanol–water partition coefficient (Wildman–Crippen LogP) is 6.71. The number of nitrogens with zero attached hydrogens (tertiary/aromatic N) is 1. The molecule has 0 aromatic carbocycles. The molecule has 0 radical (unpaired) electrons. The van der Waals surface area contributed by atoms with Crippen molar-refractivity contribution in [2.75, 3.05) is 0 Å². The molecular formula is C21H29Cl2NO2. The number of carbonyl (C=O) groups is 1. The molecule has 0 amide bonds. The summed E-state index contributed by atoms with van der Waals surface area (Å²) >= 11 is 11.7. The van der Waals surface area contributed by atoms with E-state index in [-0.39, 0.29) is 17.0 Å². The Morgan fingerprint density at radius 2 is 1.69 bits per heavy atom. The molecule has 1 aromatic heterocycles. The molecule has 3 rings (SSSR count). The molecule has 26 heavy (non-hydrogen) atoms. The van der Waals surface area contributed by atoms with E-state index in [1.807, 2.05) is 0 Å². The summed E-state index contributed by atoms with van der Waals surface area (Å²) < 4.78 is 5.47. The summed E-state index contributed by atoms with van der Waals surface area (Å²) in [6.07, 6.45) is 13.9. The van der Waals surface area contributed by atoms with Gasteiger partial charge in [0, 0.05) is 6.07 Å². The number of halogens is 2. The lowest BCUT2D eigenvalue weighted by Crippen LogP contribution is -2.30. The van der Waals surface area contributed by atoms with Crippen molar-refractivity contribution in [1.29, 1.82) is 0 Å². The highest BCUT2D eigenvalue weighted by molar-refractivity contribution is 6.41. The van der Waals surface area contributed by atoms with Gasteiger partial charge < -0.3 is 4.74 Å². The summed E-state index contributed by atoms with van der Waals surface area (Å²) in [5.74, 6) is 2.85. The zero-order valence-electron chi connectivity index (χ0n) is 15.6. The molecule has 5 heteroatoms. The Morgan fingerprint density at radius 1 is 1.08 bits per heavy atom. The van der Waals surface area contributed by atoms with Crippen molar-refractivity contribution in [3.8, 4) is 5.75 Å². The van der Waals surface area contributed by atoms with E-state index >= 15 is 0 Å². The van der Waals surface area contributed by atoms with E-state index in [9.17, 15) is 4.79 Å². The Hall–Kier alpha value is -0.800. The minimum atomic E-state index is -0.157. The molecule has 0 aliphatic heterocycles. The van der Waals surface area contributed by atoms with Gasteiger partial charge in [-0.05, 0) is 56.3 Å². The third kappa shape index (κ3) is 5.13. The minimum absolute atomic E-state index is 0.00265. The van der Waals surface area contributed by atoms with Gasteiger partial charge in [-0.1, -0.05) is 55.8 Å². The molecule has 2 saturated carbocycles. The molecule has 2 aliphatic carbocycles. The molecular weight excluding hydrogens is 369 g/mol. The molecule has 144 valence electrons. The molecule has 1 aromatic rings. The summed E-state index contributed by atoms with van der Waals surface area (Å²) in [5, 5.41) is 0.528. The number of ether oxygens (including phenoxy) is 1. The summed E-state index contributed by atoms with van der Waals surface area (Å²) in [6, 6.07) is 1.55. The summed E-state index contributed by atoms with van der Waals surface area (Å²) in [4.78, 5) is 16.4. The van der Waals surface area contributed by atoms with Crippen LogP contribution >= 0.6 is 23.2 Å². The molecule has 0 saturated heterocycles. The van der Waals surface area contributed by atoms with E-state index in [0.717, 1.165) is 43.4 Å². The Bertz CT molecular complexity index is 606. The van der Waals surface area contributed by atoms with E-state index in [1.165, 1.54) is 44.7 Å². The van der Waals surface area contributed by atoms with Crippen LogP contribution in [0, 0.1) is 23.7 Å². The predicted molar refractivity (Wildman–Crippen MR) is 106 cm³/mol. The van der Waals surface area contributed by atoms with Crippen LogP contribution in [-0.2, 0) is 4.79 Å². The lowest BCUT2D eigenvalue weighted by Gasteiger charge is -2.37. The second kappa shape index (κ2) is 9.41. The van der Waals surface area contributed by atoms with E-state index in [2.05, 4.69) is 11.9 Å². The number of pyridine rings is 1. The fourth-order valence-corrected chi connectivity index (χ4v) is 5.10. The van der Waals surface area contributed by atoms with Gasteiger partial charge in [0.25, 0.3) is 0 Å². The van der Waals surface area contributed by atoms with Crippen molar-refractivity contribution >= 4 is 29.2 Å². The van der Waals surface area contributed by atoms with E-state index in [1.54, 1.807) is 6.07 Å². The van der Waals surface area contributed by atoms with Crippen molar-refractivity contribution < 1.29 is 9.53 Å². The van der Waals surface area contributed by atoms with Gasteiger partial charge in [0.2, 0.25) is 0 Å². The van der Waals surface area contributed by atoms with Crippen molar-refractivity contribution in [2.24, 2.45) is 23.7 Å². The third-order valence-corrected chi connectivity index (χ3v) is 7.04. The van der Waals surface area contributed by atoms with Gasteiger partial charge in [-0.3, -0.25) is 4.79 Å². The van der Waals surface area contributed by atoms with Gasteiger partial charge in [-0.2, -0.15) is 0 Å². The SMILES string of the molecule is CCCC1CCC(C2CCC(C(=O)Oc3cnc(Cl)c(Cl)c3)CC2)CC1. The average molecular weight is 398 g/mol. The highest BCUT2D eigenvalue weighted by Crippen LogP contribution is 2.42. The highest BCUT2D eigenvalue weighted by atomic mass is 35.5. The fourth-order valence-electron chi connectivity index (χ4n) is 4.84. The zero-order chi connectivity index (χ0) is 18.5. The second-order valence-corrected chi connectivity index (χ2v) is 8.81. The van der Waals surface area contributed by atoms with Crippen LogP contribution in [0.2, 0.25) is 10.2 Å². The van der Waals surface area contributed by atoms with Crippen LogP contribution in [-0.4, -0.2) is 11.0 Å². The number of rotatable bonds is 5. The topological polar surface area (TPSA) is 39.2 Å². The normalized spacial score (nSPS) is 29.3. The molecule has 0 bridgehead atoms. The minimum Gasteiger partial charge on any atom is -0.425 e. The van der Waals surface area contributed by atoms with Gasteiger partial charge in [0.1, 0.15) is 5.15 Å². The highest BCUT2D eigenvalue weighted by Gasteiger charge is 2.33. The van der Waals surface area contributed by atoms with Crippen LogP contribution in [0.4, 0.5) is 0 Å². The maximum absolute atomic E-state index is 12.4. The number of aromatic nitrogens is 1. The van der Waals surface area contributed by atoms with Crippen molar-refractivity contribution in [3.05, 3.63) is 22.4 Å². The van der Waals surface area contributed by atoms with Crippen molar-refractivity contribution in [1.82, 2.24) is 4.98 Å². The standard InChI is InChI=1S/C21H29Cl2NO2/c1-2-3-14-4-6-15(7-5-14)16-8-10-17(11-9-16)21(25)26-18-12-19(22)20(23)24-13-18/h12-17H,2-11H2,1H3. The number of esters is 1. The average Bonchev–Trinajstić information content (AvgIpc) is 2.66. The second-order valence-electron chi connectivity index (χ2n) is 8.05. The Labute approximate surface area is 166 Å². The molecule has 2 aliphatic rings. The first-order valence-corrected chi connectivity index (χ1v) is 10.8. The van der Waals surface area contributed by atoms with Gasteiger partial charge in [0.05, 0.1) is 17.1 Å². The Morgan fingerprint density at radius 3 is 2.27 bits per heavy atom. The van der Waals surface area contributed by atoms with E-state index in [4.69, 9.17) is 27.9 Å². The zero-order valence-corrected chi connectivity index (χ0v) is 17.1. The Balaban J connectivity index is 1.44. The Kier molecular flexibility index (Phi) is 7.22. The molecule has 0 N–H and O–H groups in total. The van der Waals surface area contributed by atoms with Crippen LogP contribution in [0.3, 0.4) is 0 Å². The maximum atomic E-state index is 12.4. The van der Waals surface area contributed by atoms with Crippen LogP contribution in [0.5, 0.6) is 5.75 Å². The number of hydrogen-bond acceptors (Lipinski definition) is 3. The summed E-state index contributed by atoms with van der Waals surface area (Å²) in [6.45, 7) is 2.29. The van der Waals surface area contributed by atoms with Crippen molar-refractivity contribution in [2.45, 2.75) is 71.1 Å². The number of carbonyl (C=O) groups excluding carboxylic acids is 1. The molecule has 1 heterocycles. The molecule has 0 spiro atoms. The first kappa shape index (κ1) is 19.9. The maximum Gasteiger partial charge on any atom is 0.314 e. The van der Waals surface area contributed by atoms with Gasteiger partial charge in [-0.25, -0.2) is 4.98 Å². The monoisotopic (exact) mass is 397 g/mol. The lowest BCUT2D eigenvalue weighted by atomic mass is 9.69. The smallest absolute Gasteiger partial charge is 0.314 e. The molecule has 2 fully saturated rings. The lowest BCUT2D eigenvalue weighted by molar-refractivity contribution is -0.140. The first-order chi connectivity index (χ1) is 12.6. The van der Waals surface area contributed by atoms with Crippen LogP contribution in [0.1, 0.15) is 71.1 Å². The number of hydrogen-bond donors (Lipinski definition) is 0. The van der Waals surface area contributed by atoms with Crippen LogP contribution in [0.15, 0.2) is 12.3 Å². The first-order valence-electron chi connectivity index (χ1n) is 10.1. The van der Waals surface area contributed by atoms with Gasteiger partial charge in [-0.15, -0.1) is 0 Å². The van der Waals surface area contributed by atoms with E-state index < -0.39 is 0 Å². The van der Waals surface area contributed by atoms with Gasteiger partial charge in [0.15, 0.2) is 5.75 Å². The van der Waals surface area contributed by atoms with Gasteiger partial charge >= 0.3 is 5.97 Å². The van der Waals surface area contributed by atoms with Crippen molar-refractivity contribution in [3.63, 3.8) is 0 Å².